The standard InChI is InChI=1S/C13H13Br2N3/c1-8-2-3-9(7-17-8)13(18-16)10-4-11(14)6-12(15)5-10/h2-7,13,18H,16H2,1H3. The lowest BCUT2D eigenvalue weighted by molar-refractivity contribution is 0.633. The Morgan fingerprint density at radius 2 is 1.78 bits per heavy atom. The molecule has 0 saturated heterocycles. The highest BCUT2D eigenvalue weighted by Gasteiger charge is 2.13. The Bertz CT molecular complexity index is 520. The smallest absolute Gasteiger partial charge is 0.0725 e. The van der Waals surface area contributed by atoms with Crippen LogP contribution in [-0.4, -0.2) is 4.98 Å². The normalized spacial score (nSPS) is 12.4. The summed E-state index contributed by atoms with van der Waals surface area (Å²) in [6.45, 7) is 1.96. The second kappa shape index (κ2) is 5.93. The summed E-state index contributed by atoms with van der Waals surface area (Å²) in [5.41, 5.74) is 5.93. The van der Waals surface area contributed by atoms with Crippen molar-refractivity contribution >= 4 is 31.9 Å². The predicted molar refractivity (Wildman–Crippen MR) is 80.0 cm³/mol. The molecule has 0 bridgehead atoms. The van der Waals surface area contributed by atoms with Gasteiger partial charge in [-0.1, -0.05) is 37.9 Å². The van der Waals surface area contributed by atoms with Gasteiger partial charge in [0.2, 0.25) is 0 Å². The Balaban J connectivity index is 2.41. The van der Waals surface area contributed by atoms with Gasteiger partial charge < -0.3 is 0 Å². The van der Waals surface area contributed by atoms with Crippen LogP contribution in [0.4, 0.5) is 0 Å². The molecule has 0 radical (unpaired) electrons. The molecule has 94 valence electrons. The van der Waals surface area contributed by atoms with Gasteiger partial charge in [0.05, 0.1) is 6.04 Å². The van der Waals surface area contributed by atoms with Crippen molar-refractivity contribution in [1.82, 2.24) is 10.4 Å². The van der Waals surface area contributed by atoms with E-state index in [1.54, 1.807) is 0 Å². The minimum Gasteiger partial charge on any atom is -0.271 e. The van der Waals surface area contributed by atoms with E-state index in [9.17, 15) is 0 Å². The fourth-order valence-corrected chi connectivity index (χ4v) is 3.11. The van der Waals surface area contributed by atoms with E-state index in [1.165, 1.54) is 0 Å². The molecule has 5 heteroatoms. The third-order valence-corrected chi connectivity index (χ3v) is 3.57. The third-order valence-electron chi connectivity index (χ3n) is 2.65. The molecule has 3 nitrogen and oxygen atoms in total. The molecule has 3 N–H and O–H groups in total. The van der Waals surface area contributed by atoms with E-state index in [-0.39, 0.29) is 6.04 Å². The van der Waals surface area contributed by atoms with E-state index >= 15 is 0 Å². The molecule has 1 atom stereocenters. The molecule has 1 aromatic carbocycles. The molecule has 0 aliphatic rings. The number of halogens is 2. The van der Waals surface area contributed by atoms with Gasteiger partial charge in [0.15, 0.2) is 0 Å². The van der Waals surface area contributed by atoms with Gasteiger partial charge >= 0.3 is 0 Å². The number of hydrazine groups is 1. The highest BCUT2D eigenvalue weighted by Crippen LogP contribution is 2.27. The summed E-state index contributed by atoms with van der Waals surface area (Å²) in [6.07, 6.45) is 1.84. The van der Waals surface area contributed by atoms with Crippen LogP contribution in [-0.2, 0) is 0 Å². The van der Waals surface area contributed by atoms with Crippen molar-refractivity contribution in [3.8, 4) is 0 Å². The van der Waals surface area contributed by atoms with Crippen LogP contribution in [0, 0.1) is 6.92 Å². The monoisotopic (exact) mass is 369 g/mol. The van der Waals surface area contributed by atoms with Crippen molar-refractivity contribution in [3.05, 3.63) is 62.3 Å². The van der Waals surface area contributed by atoms with Crippen molar-refractivity contribution < 1.29 is 0 Å². The third kappa shape index (κ3) is 3.17. The summed E-state index contributed by atoms with van der Waals surface area (Å²) < 4.78 is 2.01. The van der Waals surface area contributed by atoms with Crippen molar-refractivity contribution in [2.45, 2.75) is 13.0 Å². The molecule has 0 aliphatic carbocycles. The number of pyridine rings is 1. The molecule has 1 unspecified atom stereocenters. The van der Waals surface area contributed by atoms with Gasteiger partial charge in [0.1, 0.15) is 0 Å². The first-order chi connectivity index (χ1) is 8.60. The van der Waals surface area contributed by atoms with Gasteiger partial charge in [-0.25, -0.2) is 5.43 Å². The lowest BCUT2D eigenvalue weighted by Crippen LogP contribution is -2.29. The quantitative estimate of drug-likeness (QED) is 0.642. The second-order valence-corrected chi connectivity index (χ2v) is 5.87. The fraction of sp³-hybridized carbons (Fsp3) is 0.154. The number of aryl methyl sites for hydroxylation is 1. The van der Waals surface area contributed by atoms with E-state index in [4.69, 9.17) is 5.84 Å². The molecule has 0 aliphatic heterocycles. The highest BCUT2D eigenvalue weighted by atomic mass is 79.9. The zero-order valence-electron chi connectivity index (χ0n) is 9.82. The number of hydrogen-bond donors (Lipinski definition) is 2. The van der Waals surface area contributed by atoms with E-state index < -0.39 is 0 Å². The zero-order valence-corrected chi connectivity index (χ0v) is 13.0. The van der Waals surface area contributed by atoms with Crippen molar-refractivity contribution in [3.63, 3.8) is 0 Å². The van der Waals surface area contributed by atoms with E-state index in [0.717, 1.165) is 25.8 Å². The van der Waals surface area contributed by atoms with E-state index in [2.05, 4.69) is 42.3 Å². The molecule has 2 aromatic rings. The summed E-state index contributed by atoms with van der Waals surface area (Å²) in [5.74, 6) is 5.67. The Morgan fingerprint density at radius 1 is 1.11 bits per heavy atom. The highest BCUT2D eigenvalue weighted by molar-refractivity contribution is 9.11. The van der Waals surface area contributed by atoms with Crippen LogP contribution in [0.25, 0.3) is 0 Å². The number of hydrogen-bond acceptors (Lipinski definition) is 3. The molecule has 0 fully saturated rings. The summed E-state index contributed by atoms with van der Waals surface area (Å²) in [5, 5.41) is 0. The SMILES string of the molecule is Cc1ccc(C(NN)c2cc(Br)cc(Br)c2)cn1. The van der Waals surface area contributed by atoms with Crippen LogP contribution in [0.5, 0.6) is 0 Å². The topological polar surface area (TPSA) is 50.9 Å². The lowest BCUT2D eigenvalue weighted by Gasteiger charge is -2.17. The van der Waals surface area contributed by atoms with E-state index in [0.29, 0.717) is 0 Å². The molecule has 1 heterocycles. The van der Waals surface area contributed by atoms with Crippen LogP contribution < -0.4 is 11.3 Å². The minimum absolute atomic E-state index is 0.0769. The van der Waals surface area contributed by atoms with Gasteiger partial charge in [-0.3, -0.25) is 10.8 Å². The summed E-state index contributed by atoms with van der Waals surface area (Å²) in [6, 6.07) is 10.00. The van der Waals surface area contributed by atoms with Gasteiger partial charge in [-0.2, -0.15) is 0 Å². The van der Waals surface area contributed by atoms with E-state index in [1.807, 2.05) is 43.5 Å². The summed E-state index contributed by atoms with van der Waals surface area (Å²) >= 11 is 6.96. The molecule has 0 spiro atoms. The van der Waals surface area contributed by atoms with Crippen LogP contribution in [0.2, 0.25) is 0 Å². The van der Waals surface area contributed by atoms with Crippen LogP contribution in [0.3, 0.4) is 0 Å². The zero-order chi connectivity index (χ0) is 13.1. The second-order valence-electron chi connectivity index (χ2n) is 4.04. The summed E-state index contributed by atoms with van der Waals surface area (Å²) in [4.78, 5) is 4.30. The number of nitrogens with one attached hydrogen (secondary N) is 1. The maximum atomic E-state index is 5.67. The van der Waals surface area contributed by atoms with Crippen molar-refractivity contribution in [2.75, 3.05) is 0 Å². The Morgan fingerprint density at radius 3 is 2.28 bits per heavy atom. The summed E-state index contributed by atoms with van der Waals surface area (Å²) in [7, 11) is 0. The first-order valence-electron chi connectivity index (χ1n) is 5.45. The van der Waals surface area contributed by atoms with Crippen molar-refractivity contribution in [2.24, 2.45) is 5.84 Å². The molecular formula is C13H13Br2N3. The Labute approximate surface area is 123 Å². The molecule has 18 heavy (non-hydrogen) atoms. The van der Waals surface area contributed by atoms with Crippen molar-refractivity contribution in [1.29, 1.82) is 0 Å². The largest absolute Gasteiger partial charge is 0.271 e. The molecule has 2 rings (SSSR count). The number of nitrogens with zero attached hydrogens (tertiary/aromatic N) is 1. The van der Waals surface area contributed by atoms with Gasteiger partial charge in [-0.05, 0) is 42.3 Å². The maximum absolute atomic E-state index is 5.67. The van der Waals surface area contributed by atoms with Crippen LogP contribution in [0.1, 0.15) is 22.9 Å². The van der Waals surface area contributed by atoms with Gasteiger partial charge in [0.25, 0.3) is 0 Å². The van der Waals surface area contributed by atoms with Crippen LogP contribution in [0.15, 0.2) is 45.5 Å². The number of benzene rings is 1. The average Bonchev–Trinajstić information content (AvgIpc) is 2.31. The molecular weight excluding hydrogens is 358 g/mol. The van der Waals surface area contributed by atoms with Crippen LogP contribution >= 0.6 is 31.9 Å². The molecule has 0 saturated carbocycles. The Hall–Kier alpha value is -0.750. The predicted octanol–water partition coefficient (Wildman–Crippen LogP) is 3.47. The number of aromatic nitrogens is 1. The average molecular weight is 371 g/mol. The molecule has 0 amide bonds. The van der Waals surface area contributed by atoms with Gasteiger partial charge in [-0.15, -0.1) is 0 Å². The molecule has 1 aromatic heterocycles. The fourth-order valence-electron chi connectivity index (χ4n) is 1.78. The van der Waals surface area contributed by atoms with Gasteiger partial charge in [0, 0.05) is 20.8 Å². The maximum Gasteiger partial charge on any atom is 0.0725 e. The minimum atomic E-state index is -0.0769. The Kier molecular flexibility index (Phi) is 4.50. The number of nitrogens with two attached hydrogens (primary N) is 1. The lowest BCUT2D eigenvalue weighted by atomic mass is 10.0. The first kappa shape index (κ1) is 13.7. The number of rotatable bonds is 3. The first-order valence-corrected chi connectivity index (χ1v) is 7.03.